The van der Waals surface area contributed by atoms with E-state index in [9.17, 15) is 18.0 Å². The predicted octanol–water partition coefficient (Wildman–Crippen LogP) is 4.58. The summed E-state index contributed by atoms with van der Waals surface area (Å²) in [6, 6.07) is 3.53. The van der Waals surface area contributed by atoms with E-state index < -0.39 is 17.2 Å². The van der Waals surface area contributed by atoms with Crippen LogP contribution in [-0.4, -0.2) is 11.1 Å². The standard InChI is InChI=1S/C13H14BrF3O/c1-12(2,3)9-4-8(11(18)7-14)5-10(6-9)13(15,16)17/h4-6H,7H2,1-3H3. The molecule has 1 aromatic rings. The molecule has 0 saturated heterocycles. The van der Waals surface area contributed by atoms with Gasteiger partial charge < -0.3 is 0 Å². The highest BCUT2D eigenvalue weighted by atomic mass is 79.9. The highest BCUT2D eigenvalue weighted by molar-refractivity contribution is 9.09. The normalized spacial score (nSPS) is 12.6. The molecule has 0 unspecified atom stereocenters. The monoisotopic (exact) mass is 322 g/mol. The van der Waals surface area contributed by atoms with Gasteiger partial charge in [0, 0.05) is 5.56 Å². The molecule has 0 radical (unpaired) electrons. The van der Waals surface area contributed by atoms with Gasteiger partial charge in [0.25, 0.3) is 0 Å². The van der Waals surface area contributed by atoms with Gasteiger partial charge in [-0.15, -0.1) is 0 Å². The third-order valence-corrected chi connectivity index (χ3v) is 3.08. The SMILES string of the molecule is CC(C)(C)c1cc(C(=O)CBr)cc(C(F)(F)F)c1. The Morgan fingerprint density at radius 3 is 2.00 bits per heavy atom. The van der Waals surface area contributed by atoms with Crippen LogP contribution in [0.25, 0.3) is 0 Å². The summed E-state index contributed by atoms with van der Waals surface area (Å²) in [5, 5.41) is 0.0118. The van der Waals surface area contributed by atoms with Gasteiger partial charge in [-0.2, -0.15) is 13.2 Å². The minimum Gasteiger partial charge on any atom is -0.293 e. The zero-order chi connectivity index (χ0) is 14.1. The summed E-state index contributed by atoms with van der Waals surface area (Å²) < 4.78 is 38.3. The summed E-state index contributed by atoms with van der Waals surface area (Å²) in [6.45, 7) is 5.43. The molecule has 0 amide bonds. The summed E-state index contributed by atoms with van der Waals surface area (Å²) in [5.74, 6) is -0.355. The van der Waals surface area contributed by atoms with Gasteiger partial charge in [0.15, 0.2) is 5.78 Å². The predicted molar refractivity (Wildman–Crippen MR) is 68.3 cm³/mol. The highest BCUT2D eigenvalue weighted by Crippen LogP contribution is 2.34. The van der Waals surface area contributed by atoms with E-state index in [0.717, 1.165) is 12.1 Å². The van der Waals surface area contributed by atoms with Gasteiger partial charge in [-0.25, -0.2) is 0 Å². The van der Waals surface area contributed by atoms with E-state index in [4.69, 9.17) is 0 Å². The number of rotatable bonds is 2. The third-order valence-electron chi connectivity index (χ3n) is 2.57. The second-order valence-corrected chi connectivity index (χ2v) is 5.66. The second-order valence-electron chi connectivity index (χ2n) is 5.10. The fourth-order valence-corrected chi connectivity index (χ4v) is 1.79. The molecule has 0 spiro atoms. The van der Waals surface area contributed by atoms with E-state index in [0.29, 0.717) is 5.56 Å². The Morgan fingerprint density at radius 1 is 1.11 bits per heavy atom. The van der Waals surface area contributed by atoms with E-state index in [2.05, 4.69) is 15.9 Å². The molecule has 18 heavy (non-hydrogen) atoms. The fraction of sp³-hybridized carbons (Fsp3) is 0.462. The number of hydrogen-bond acceptors (Lipinski definition) is 1. The molecular weight excluding hydrogens is 309 g/mol. The van der Waals surface area contributed by atoms with E-state index in [1.54, 1.807) is 0 Å². The number of benzene rings is 1. The molecule has 0 aliphatic rings. The molecule has 0 aliphatic heterocycles. The molecule has 0 bridgehead atoms. The van der Waals surface area contributed by atoms with Gasteiger partial charge in [-0.3, -0.25) is 4.79 Å². The van der Waals surface area contributed by atoms with Crippen LogP contribution >= 0.6 is 15.9 Å². The van der Waals surface area contributed by atoms with Crippen LogP contribution in [0.1, 0.15) is 42.3 Å². The minimum absolute atomic E-state index is 0.0118. The number of carbonyl (C=O) groups excluding carboxylic acids is 1. The molecule has 1 nitrogen and oxygen atoms in total. The molecule has 0 atom stereocenters. The van der Waals surface area contributed by atoms with Crippen LogP contribution in [0.2, 0.25) is 0 Å². The smallest absolute Gasteiger partial charge is 0.293 e. The molecule has 0 fully saturated rings. The molecule has 1 rings (SSSR count). The number of hydrogen-bond donors (Lipinski definition) is 0. The van der Waals surface area contributed by atoms with Crippen LogP contribution in [0, 0.1) is 0 Å². The molecule has 0 heterocycles. The first-order valence-corrected chi connectivity index (χ1v) is 6.50. The summed E-state index contributed by atoms with van der Waals surface area (Å²) in [4.78, 5) is 11.6. The average molecular weight is 323 g/mol. The Bertz CT molecular complexity index is 426. The van der Waals surface area contributed by atoms with Crippen LogP contribution in [0.15, 0.2) is 18.2 Å². The van der Waals surface area contributed by atoms with Crippen molar-refractivity contribution in [1.82, 2.24) is 0 Å². The van der Waals surface area contributed by atoms with Crippen LogP contribution in [0.4, 0.5) is 13.2 Å². The van der Waals surface area contributed by atoms with E-state index >= 15 is 0 Å². The van der Waals surface area contributed by atoms with Crippen molar-refractivity contribution in [3.8, 4) is 0 Å². The average Bonchev–Trinajstić information content (AvgIpc) is 2.25. The van der Waals surface area contributed by atoms with Gasteiger partial charge >= 0.3 is 6.18 Å². The second kappa shape index (κ2) is 5.03. The third kappa shape index (κ3) is 3.57. The van der Waals surface area contributed by atoms with Crippen molar-refractivity contribution in [2.24, 2.45) is 0 Å². The zero-order valence-corrected chi connectivity index (χ0v) is 11.9. The Hall–Kier alpha value is -0.840. The van der Waals surface area contributed by atoms with Crippen molar-refractivity contribution in [3.63, 3.8) is 0 Å². The Labute approximate surface area is 113 Å². The molecule has 0 aliphatic carbocycles. The first kappa shape index (κ1) is 15.2. The van der Waals surface area contributed by atoms with Crippen molar-refractivity contribution < 1.29 is 18.0 Å². The molecule has 0 N–H and O–H groups in total. The molecular formula is C13H14BrF3O. The molecule has 1 aromatic carbocycles. The van der Waals surface area contributed by atoms with Crippen molar-refractivity contribution in [2.75, 3.05) is 5.33 Å². The van der Waals surface area contributed by atoms with E-state index in [1.807, 2.05) is 20.8 Å². The largest absolute Gasteiger partial charge is 0.416 e. The number of carbonyl (C=O) groups is 1. The lowest BCUT2D eigenvalue weighted by Crippen LogP contribution is -2.16. The molecule has 100 valence electrons. The first-order chi connectivity index (χ1) is 8.05. The van der Waals surface area contributed by atoms with Crippen molar-refractivity contribution in [2.45, 2.75) is 32.4 Å². The number of ketones is 1. The lowest BCUT2D eigenvalue weighted by Gasteiger charge is -2.21. The van der Waals surface area contributed by atoms with Crippen molar-refractivity contribution in [3.05, 3.63) is 34.9 Å². The van der Waals surface area contributed by atoms with Crippen molar-refractivity contribution >= 4 is 21.7 Å². The Morgan fingerprint density at radius 2 is 1.61 bits per heavy atom. The maximum absolute atomic E-state index is 12.8. The number of Topliss-reactive ketones (excluding diaryl/α,β-unsaturated/α-hetero) is 1. The molecule has 5 heteroatoms. The quantitative estimate of drug-likeness (QED) is 0.575. The van der Waals surface area contributed by atoms with Crippen LogP contribution in [0.5, 0.6) is 0 Å². The lowest BCUT2D eigenvalue weighted by molar-refractivity contribution is -0.137. The summed E-state index contributed by atoms with van der Waals surface area (Å²) in [6.07, 6.45) is -4.44. The minimum atomic E-state index is -4.44. The summed E-state index contributed by atoms with van der Waals surface area (Å²) in [5.41, 5.74) is -0.629. The van der Waals surface area contributed by atoms with Crippen molar-refractivity contribution in [1.29, 1.82) is 0 Å². The van der Waals surface area contributed by atoms with Crippen LogP contribution < -0.4 is 0 Å². The number of alkyl halides is 4. The molecule has 0 aromatic heterocycles. The number of halogens is 4. The van der Waals surface area contributed by atoms with Gasteiger partial charge in [0.1, 0.15) is 0 Å². The van der Waals surface area contributed by atoms with Crippen LogP contribution in [-0.2, 0) is 11.6 Å². The topological polar surface area (TPSA) is 17.1 Å². The first-order valence-electron chi connectivity index (χ1n) is 5.37. The maximum Gasteiger partial charge on any atom is 0.416 e. The molecule has 0 saturated carbocycles. The zero-order valence-electron chi connectivity index (χ0n) is 10.4. The maximum atomic E-state index is 12.8. The lowest BCUT2D eigenvalue weighted by atomic mass is 9.84. The van der Waals surface area contributed by atoms with Gasteiger partial charge in [0.2, 0.25) is 0 Å². The van der Waals surface area contributed by atoms with Crippen LogP contribution in [0.3, 0.4) is 0 Å². The summed E-state index contributed by atoms with van der Waals surface area (Å²) >= 11 is 2.97. The van der Waals surface area contributed by atoms with Gasteiger partial charge in [-0.05, 0) is 29.2 Å². The highest BCUT2D eigenvalue weighted by Gasteiger charge is 2.32. The summed E-state index contributed by atoms with van der Waals surface area (Å²) in [7, 11) is 0. The Kier molecular flexibility index (Phi) is 4.26. The van der Waals surface area contributed by atoms with Gasteiger partial charge in [0.05, 0.1) is 10.9 Å². The van der Waals surface area contributed by atoms with Gasteiger partial charge in [-0.1, -0.05) is 36.7 Å². The Balaban J connectivity index is 3.44. The fourth-order valence-electron chi connectivity index (χ4n) is 1.46. The van der Waals surface area contributed by atoms with E-state index in [-0.39, 0.29) is 16.7 Å². The van der Waals surface area contributed by atoms with E-state index in [1.165, 1.54) is 6.07 Å².